The molecule has 1 aromatic carbocycles. The molecule has 0 unspecified atom stereocenters. The Morgan fingerprint density at radius 1 is 1.38 bits per heavy atom. The molecular weight excluding hydrogens is 282 g/mol. The lowest BCUT2D eigenvalue weighted by Gasteiger charge is -2.17. The molecule has 1 aromatic rings. The summed E-state index contributed by atoms with van der Waals surface area (Å²) in [6, 6.07) is 2.38. The normalized spacial score (nSPS) is 21.4. The van der Waals surface area contributed by atoms with Crippen LogP contribution in [0.3, 0.4) is 0 Å². The fraction of sp³-hybridized carbons (Fsp3) is 0.429. The Morgan fingerprint density at radius 2 is 2.10 bits per heavy atom. The van der Waals surface area contributed by atoms with E-state index in [4.69, 9.17) is 0 Å². The van der Waals surface area contributed by atoms with Crippen LogP contribution in [0.4, 0.5) is 8.78 Å². The molecule has 1 aliphatic rings. The molecule has 0 aromatic heterocycles. The molecule has 0 spiro atoms. The number of aliphatic hydroxyl groups is 1. The van der Waals surface area contributed by atoms with Crippen LogP contribution in [-0.4, -0.2) is 47.6 Å². The zero-order valence-corrected chi connectivity index (χ0v) is 11.5. The van der Waals surface area contributed by atoms with E-state index in [1.54, 1.807) is 0 Å². The topological polar surface area (TPSA) is 69.6 Å². The quantitative estimate of drug-likeness (QED) is 0.855. The lowest BCUT2D eigenvalue weighted by atomic mass is 10.1. The van der Waals surface area contributed by atoms with E-state index in [0.717, 1.165) is 12.1 Å². The molecule has 2 N–H and O–H groups in total. The summed E-state index contributed by atoms with van der Waals surface area (Å²) >= 11 is 0. The van der Waals surface area contributed by atoms with Crippen molar-refractivity contribution in [3.05, 3.63) is 35.4 Å². The van der Waals surface area contributed by atoms with Crippen molar-refractivity contribution in [2.24, 2.45) is 5.92 Å². The summed E-state index contributed by atoms with van der Waals surface area (Å²) in [6.07, 6.45) is 0. The molecule has 0 radical (unpaired) electrons. The van der Waals surface area contributed by atoms with E-state index in [9.17, 15) is 23.5 Å². The summed E-state index contributed by atoms with van der Waals surface area (Å²) in [4.78, 5) is 24.7. The molecule has 1 heterocycles. The summed E-state index contributed by atoms with van der Waals surface area (Å²) in [5, 5.41) is 12.0. The van der Waals surface area contributed by atoms with Gasteiger partial charge in [0.2, 0.25) is 5.91 Å². The minimum absolute atomic E-state index is 0.181. The molecule has 1 saturated heterocycles. The average Bonchev–Trinajstić information content (AvgIpc) is 2.80. The molecule has 1 aliphatic heterocycles. The molecule has 0 aliphatic carbocycles. The second-order valence-corrected chi connectivity index (χ2v) is 5.08. The number of amides is 2. The maximum atomic E-state index is 13.6. The van der Waals surface area contributed by atoms with E-state index >= 15 is 0 Å². The highest BCUT2D eigenvalue weighted by Crippen LogP contribution is 2.20. The van der Waals surface area contributed by atoms with Crippen molar-refractivity contribution in [3.63, 3.8) is 0 Å². The Labute approximate surface area is 120 Å². The van der Waals surface area contributed by atoms with Crippen molar-refractivity contribution < 1.29 is 23.5 Å². The smallest absolute Gasteiger partial charge is 0.256 e. The van der Waals surface area contributed by atoms with E-state index in [-0.39, 0.29) is 43.1 Å². The number of benzene rings is 1. The molecule has 21 heavy (non-hydrogen) atoms. The van der Waals surface area contributed by atoms with Gasteiger partial charge in [-0.05, 0) is 12.1 Å². The number of nitrogens with one attached hydrogen (secondary N) is 1. The van der Waals surface area contributed by atoms with Gasteiger partial charge < -0.3 is 15.3 Å². The number of rotatable bonds is 3. The third kappa shape index (κ3) is 3.36. The Bertz CT molecular complexity index is 565. The summed E-state index contributed by atoms with van der Waals surface area (Å²) in [7, 11) is 0. The van der Waals surface area contributed by atoms with Gasteiger partial charge in [-0.3, -0.25) is 9.59 Å². The number of halogens is 2. The number of carbonyl (C=O) groups excluding carboxylic acids is 2. The van der Waals surface area contributed by atoms with Crippen molar-refractivity contribution in [1.29, 1.82) is 0 Å². The number of hydrogen-bond donors (Lipinski definition) is 2. The molecule has 114 valence electrons. The standard InChI is InChI=1S/C14H16F2N2O3/c1-8(20)17-13-6-18(5-9(13)7-19)14(21)11-3-2-10(15)4-12(11)16/h2-4,9,13,19H,5-7H2,1H3,(H,17,20)/t9-,13+/m0/s1. The van der Waals surface area contributed by atoms with E-state index in [2.05, 4.69) is 5.32 Å². The van der Waals surface area contributed by atoms with E-state index in [1.165, 1.54) is 11.8 Å². The Morgan fingerprint density at radius 3 is 2.67 bits per heavy atom. The molecule has 2 atom stereocenters. The first kappa shape index (κ1) is 15.4. The zero-order chi connectivity index (χ0) is 15.6. The van der Waals surface area contributed by atoms with Crippen LogP contribution in [-0.2, 0) is 4.79 Å². The third-order valence-corrected chi connectivity index (χ3v) is 3.51. The van der Waals surface area contributed by atoms with Crippen LogP contribution >= 0.6 is 0 Å². The minimum Gasteiger partial charge on any atom is -0.396 e. The Kier molecular flexibility index (Phi) is 4.52. The highest BCUT2D eigenvalue weighted by molar-refractivity contribution is 5.94. The zero-order valence-electron chi connectivity index (χ0n) is 11.5. The number of likely N-dealkylation sites (tertiary alicyclic amines) is 1. The van der Waals surface area contributed by atoms with Crippen molar-refractivity contribution in [2.75, 3.05) is 19.7 Å². The number of aliphatic hydroxyl groups excluding tert-OH is 1. The molecule has 0 saturated carbocycles. The fourth-order valence-corrected chi connectivity index (χ4v) is 2.48. The van der Waals surface area contributed by atoms with Crippen LogP contribution in [0, 0.1) is 17.6 Å². The Balaban J connectivity index is 2.15. The van der Waals surface area contributed by atoms with Crippen LogP contribution in [0.1, 0.15) is 17.3 Å². The van der Waals surface area contributed by atoms with Gasteiger partial charge in [0.25, 0.3) is 5.91 Å². The van der Waals surface area contributed by atoms with Gasteiger partial charge >= 0.3 is 0 Å². The van der Waals surface area contributed by atoms with Crippen molar-refractivity contribution in [1.82, 2.24) is 10.2 Å². The highest BCUT2D eigenvalue weighted by Gasteiger charge is 2.36. The molecule has 1 fully saturated rings. The van der Waals surface area contributed by atoms with E-state index in [0.29, 0.717) is 6.07 Å². The van der Waals surface area contributed by atoms with E-state index in [1.807, 2.05) is 0 Å². The van der Waals surface area contributed by atoms with Crippen LogP contribution in [0.2, 0.25) is 0 Å². The van der Waals surface area contributed by atoms with Crippen LogP contribution < -0.4 is 5.32 Å². The van der Waals surface area contributed by atoms with Gasteiger partial charge in [0.15, 0.2) is 0 Å². The molecule has 0 bridgehead atoms. The van der Waals surface area contributed by atoms with Gasteiger partial charge in [-0.1, -0.05) is 0 Å². The van der Waals surface area contributed by atoms with Crippen molar-refractivity contribution in [2.45, 2.75) is 13.0 Å². The number of nitrogens with zero attached hydrogens (tertiary/aromatic N) is 1. The first-order valence-electron chi connectivity index (χ1n) is 6.54. The predicted molar refractivity (Wildman–Crippen MR) is 70.4 cm³/mol. The van der Waals surface area contributed by atoms with Crippen LogP contribution in [0.15, 0.2) is 18.2 Å². The lowest BCUT2D eigenvalue weighted by molar-refractivity contribution is -0.119. The van der Waals surface area contributed by atoms with Crippen LogP contribution in [0.25, 0.3) is 0 Å². The average molecular weight is 298 g/mol. The lowest BCUT2D eigenvalue weighted by Crippen LogP contribution is -2.40. The molecule has 7 heteroatoms. The summed E-state index contributed by atoms with van der Waals surface area (Å²) in [5.74, 6) is -2.83. The predicted octanol–water partition coefficient (Wildman–Crippen LogP) is 0.534. The van der Waals surface area contributed by atoms with Gasteiger partial charge in [0, 0.05) is 38.6 Å². The van der Waals surface area contributed by atoms with Crippen molar-refractivity contribution >= 4 is 11.8 Å². The molecule has 2 amide bonds. The number of carbonyl (C=O) groups is 2. The maximum absolute atomic E-state index is 13.6. The van der Waals surface area contributed by atoms with Gasteiger partial charge in [-0.15, -0.1) is 0 Å². The summed E-state index contributed by atoms with van der Waals surface area (Å²) in [6.45, 7) is 1.54. The first-order valence-corrected chi connectivity index (χ1v) is 6.54. The van der Waals surface area contributed by atoms with Gasteiger partial charge in [0.1, 0.15) is 11.6 Å². The SMILES string of the molecule is CC(=O)N[C@@H]1CN(C(=O)c2ccc(F)cc2F)C[C@H]1CO. The molecule has 5 nitrogen and oxygen atoms in total. The second-order valence-electron chi connectivity index (χ2n) is 5.08. The highest BCUT2D eigenvalue weighted by atomic mass is 19.1. The van der Waals surface area contributed by atoms with E-state index < -0.39 is 17.5 Å². The number of hydrogen-bond acceptors (Lipinski definition) is 3. The monoisotopic (exact) mass is 298 g/mol. The largest absolute Gasteiger partial charge is 0.396 e. The van der Waals surface area contributed by atoms with Gasteiger partial charge in [0.05, 0.1) is 11.6 Å². The molecule has 2 rings (SSSR count). The maximum Gasteiger partial charge on any atom is 0.256 e. The van der Waals surface area contributed by atoms with Crippen molar-refractivity contribution in [3.8, 4) is 0 Å². The molecular formula is C14H16F2N2O3. The first-order chi connectivity index (χ1) is 9.92. The summed E-state index contributed by atoms with van der Waals surface area (Å²) < 4.78 is 26.5. The van der Waals surface area contributed by atoms with Crippen LogP contribution in [0.5, 0.6) is 0 Å². The van der Waals surface area contributed by atoms with Gasteiger partial charge in [-0.25, -0.2) is 8.78 Å². The summed E-state index contributed by atoms with van der Waals surface area (Å²) in [5.41, 5.74) is -0.225. The second kappa shape index (κ2) is 6.17. The minimum atomic E-state index is -0.927. The Hall–Kier alpha value is -2.02. The fourth-order valence-electron chi connectivity index (χ4n) is 2.48. The third-order valence-electron chi connectivity index (χ3n) is 3.51. The van der Waals surface area contributed by atoms with Gasteiger partial charge in [-0.2, -0.15) is 0 Å².